The largest absolute Gasteiger partial charge is 0.305 e. The van der Waals surface area contributed by atoms with Gasteiger partial charge in [0.05, 0.1) is 0 Å². The van der Waals surface area contributed by atoms with E-state index in [4.69, 9.17) is 5.73 Å². The normalized spacial score (nSPS) is 16.8. The molecule has 0 amide bonds. The molecule has 0 aliphatic heterocycles. The monoisotopic (exact) mass is 1450 g/mol. The van der Waals surface area contributed by atoms with Gasteiger partial charge < -0.3 is 5.73 Å². The number of nitrogens with two attached hydrogens (primary N) is 1. The fourth-order valence-electron chi connectivity index (χ4n) is 1.18. The first-order valence-corrected chi connectivity index (χ1v) is 18.7. The van der Waals surface area contributed by atoms with Gasteiger partial charge in [-0.3, -0.25) is 0 Å². The highest BCUT2D eigenvalue weighted by molar-refractivity contribution is 9.42. The molecule has 0 unspecified atom stereocenters. The topological polar surface area (TPSA) is 26.0 Å². The maximum absolute atomic E-state index is 6.25. The average molecular weight is 1470 g/mol. The summed E-state index contributed by atoms with van der Waals surface area (Å²) in [6.07, 6.45) is 0. The maximum atomic E-state index is 6.25. The van der Waals surface area contributed by atoms with Crippen LogP contribution < -0.4 is 5.73 Å². The van der Waals surface area contributed by atoms with Gasteiger partial charge in [-0.1, -0.05) is 271 Å². The molecule has 2 N–H and O–H groups in total. The van der Waals surface area contributed by atoms with Crippen LogP contribution in [0.4, 0.5) is 0 Å². The second-order valence-corrected chi connectivity index (χ2v) is 35.6. The van der Waals surface area contributed by atoms with Crippen LogP contribution in [-0.4, -0.2) is 24.9 Å². The summed E-state index contributed by atoms with van der Waals surface area (Å²) >= 11 is 62.2. The van der Waals surface area contributed by atoms with Gasteiger partial charge >= 0.3 is 0 Å². The minimum absolute atomic E-state index is 0.778. The number of rotatable bonds is 6. The minimum atomic E-state index is -1.08. The molecule has 158 valence electrons. The minimum Gasteiger partial charge on any atom is -0.305 e. The number of hydrogen-bond acceptors (Lipinski definition) is 1. The molecule has 0 aliphatic carbocycles. The molecule has 26 heavy (non-hydrogen) atoms. The lowest BCUT2D eigenvalue weighted by Gasteiger charge is -2.57. The van der Waals surface area contributed by atoms with E-state index in [1.54, 1.807) is 0 Å². The Kier molecular flexibility index (Phi) is 14.2. The molecule has 0 aromatic carbocycles. The fraction of sp³-hybridized carbons (Fsp3) is 1.00. The van der Waals surface area contributed by atoms with E-state index >= 15 is 0 Å². The molecule has 0 fully saturated rings. The van der Waals surface area contributed by atoms with E-state index in [-0.39, 0.29) is 0 Å². The second kappa shape index (κ2) is 10.8. The van der Waals surface area contributed by atoms with Crippen molar-refractivity contribution in [1.82, 2.24) is 0 Å². The van der Waals surface area contributed by atoms with Crippen LogP contribution in [0.25, 0.3) is 0 Å². The maximum Gasteiger partial charge on any atom is 0.162 e. The Morgan fingerprint density at radius 2 is 0.500 bits per heavy atom. The summed E-state index contributed by atoms with van der Waals surface area (Å²) in [5, 5.41) is 0. The van der Waals surface area contributed by atoms with Gasteiger partial charge in [-0.05, 0) is 0 Å². The van der Waals surface area contributed by atoms with Crippen molar-refractivity contribution in [2.45, 2.75) is 24.9 Å². The van der Waals surface area contributed by atoms with Gasteiger partial charge in [0, 0.05) is 0 Å². The fourth-order valence-corrected chi connectivity index (χ4v) is 15.6. The standard InChI is InChI=1S/C8H2Br17N/c9-1(10,3(13,14)5(17,18)7(21,22)23)2(11,12)4(15,16)6(19,20)8(24,25)26/h26H2. The van der Waals surface area contributed by atoms with Gasteiger partial charge in [-0.15, -0.1) is 0 Å². The van der Waals surface area contributed by atoms with Gasteiger partial charge in [-0.2, -0.15) is 0 Å². The van der Waals surface area contributed by atoms with E-state index in [1.807, 2.05) is 0 Å². The summed E-state index contributed by atoms with van der Waals surface area (Å²) in [6.45, 7) is 0. The first-order valence-electron chi connectivity index (χ1n) is 5.25. The molecular formula is C8H2Br17N. The summed E-state index contributed by atoms with van der Waals surface area (Å²) in [6, 6.07) is 0. The first kappa shape index (κ1) is 34.1. The van der Waals surface area contributed by atoms with Crippen LogP contribution in [0.15, 0.2) is 0 Å². The summed E-state index contributed by atoms with van der Waals surface area (Å²) in [4.78, 5) is 0. The van der Waals surface area contributed by atoms with Crippen LogP contribution >= 0.6 is 271 Å². The molecule has 0 bridgehead atoms. The highest BCUT2D eigenvalue weighted by atomic mass is 80.0. The Balaban J connectivity index is 6.61. The van der Waals surface area contributed by atoms with Crippen LogP contribution in [0.1, 0.15) is 0 Å². The number of hydrogen-bond donors (Lipinski definition) is 1. The molecule has 0 saturated carbocycles. The third kappa shape index (κ3) is 6.15. The molecule has 0 saturated heterocycles. The predicted octanol–water partition coefficient (Wildman–Crippen LogP) is 12.1. The molecule has 0 rings (SSSR count). The van der Waals surface area contributed by atoms with Gasteiger partial charge in [0.15, 0.2) is 5.50 Å². The van der Waals surface area contributed by atoms with Crippen LogP contribution in [-0.2, 0) is 0 Å². The smallest absolute Gasteiger partial charge is 0.162 e. The third-order valence-corrected chi connectivity index (χ3v) is 36.0. The molecule has 0 aromatic rings. The predicted molar refractivity (Wildman–Crippen MR) is 178 cm³/mol. The van der Waals surface area contributed by atoms with E-state index in [0.29, 0.717) is 0 Å². The Morgan fingerprint density at radius 3 is 0.692 bits per heavy atom. The molecule has 1 nitrogen and oxygen atoms in total. The number of halogens is 17. The van der Waals surface area contributed by atoms with Gasteiger partial charge in [-0.25, -0.2) is 0 Å². The quantitative estimate of drug-likeness (QED) is 0.208. The molecular weight excluding hydrogens is 1470 g/mol. The number of alkyl halides is 17. The van der Waals surface area contributed by atoms with Crippen molar-refractivity contribution in [1.29, 1.82) is 0 Å². The highest BCUT2D eigenvalue weighted by Gasteiger charge is 2.77. The Hall–Kier alpha value is 8.12. The second-order valence-electron chi connectivity index (χ2n) is 4.57. The summed E-state index contributed by atoms with van der Waals surface area (Å²) in [5.74, 6) is 0. The van der Waals surface area contributed by atoms with Crippen molar-refractivity contribution in [3.63, 3.8) is 0 Å². The van der Waals surface area contributed by atoms with Crippen LogP contribution in [0, 0.1) is 0 Å². The Morgan fingerprint density at radius 1 is 0.308 bits per heavy atom. The van der Waals surface area contributed by atoms with Crippen LogP contribution in [0.2, 0.25) is 0 Å². The highest BCUT2D eigenvalue weighted by Crippen LogP contribution is 2.77. The van der Waals surface area contributed by atoms with Crippen molar-refractivity contribution in [2.75, 3.05) is 0 Å². The van der Waals surface area contributed by atoms with Crippen molar-refractivity contribution >= 4 is 271 Å². The van der Waals surface area contributed by atoms with E-state index in [9.17, 15) is 0 Å². The van der Waals surface area contributed by atoms with Crippen molar-refractivity contribution in [3.8, 4) is 0 Å². The molecule has 0 aliphatic rings. The van der Waals surface area contributed by atoms with Crippen LogP contribution in [0.3, 0.4) is 0 Å². The van der Waals surface area contributed by atoms with Gasteiger partial charge in [0.25, 0.3) is 0 Å². The molecule has 0 heterocycles. The van der Waals surface area contributed by atoms with Crippen molar-refractivity contribution in [2.24, 2.45) is 5.73 Å². The Labute approximate surface area is 294 Å². The third-order valence-electron chi connectivity index (χ3n) is 2.75. The zero-order chi connectivity index (χ0) is 22.0. The van der Waals surface area contributed by atoms with E-state index in [2.05, 4.69) is 271 Å². The Bertz CT molecular complexity index is 474. The van der Waals surface area contributed by atoms with E-state index < -0.39 is 24.9 Å². The zero-order valence-corrected chi connectivity index (χ0v) is 38.0. The lowest BCUT2D eigenvalue weighted by atomic mass is 10.1. The first-order chi connectivity index (χ1) is 10.8. The van der Waals surface area contributed by atoms with E-state index in [1.165, 1.54) is 0 Å². The summed E-state index contributed by atoms with van der Waals surface area (Å²) in [7, 11) is 0. The molecule has 0 aromatic heterocycles. The van der Waals surface area contributed by atoms with Gasteiger partial charge in [0.1, 0.15) is 19.4 Å². The average Bonchev–Trinajstić information content (AvgIpc) is 2.34. The summed E-state index contributed by atoms with van der Waals surface area (Å²) < 4.78 is -7.71. The summed E-state index contributed by atoms with van der Waals surface area (Å²) in [5.41, 5.74) is 6.25. The van der Waals surface area contributed by atoms with Crippen molar-refractivity contribution < 1.29 is 0 Å². The molecule has 0 spiro atoms. The van der Waals surface area contributed by atoms with Crippen molar-refractivity contribution in [3.05, 3.63) is 0 Å². The van der Waals surface area contributed by atoms with Gasteiger partial charge in [0.2, 0.25) is 0 Å². The van der Waals surface area contributed by atoms with E-state index in [0.717, 1.165) is 0 Å². The SMILES string of the molecule is NC(Br)(Br)C(Br)(Br)C(Br)(Br)C(Br)(Br)C(Br)(Br)C(Br)(Br)C(Br)(Br)C(Br)(Br)Br. The molecule has 0 radical (unpaired) electrons. The zero-order valence-electron chi connectivity index (χ0n) is 11.0. The molecule has 0 atom stereocenters. The van der Waals surface area contributed by atoms with Crippen LogP contribution in [0.5, 0.6) is 0 Å². The lowest BCUT2D eigenvalue weighted by molar-refractivity contribution is 0.583. The lowest BCUT2D eigenvalue weighted by Crippen LogP contribution is -2.68. The molecule has 18 heteroatoms.